The minimum Gasteiger partial charge on any atom is -0.345 e. The molecule has 2 aliphatic heterocycles. The number of rotatable bonds is 3. The zero-order valence-corrected chi connectivity index (χ0v) is 17.8. The first-order chi connectivity index (χ1) is 15.2. The molecule has 1 aliphatic carbocycles. The predicted molar refractivity (Wildman–Crippen MR) is 116 cm³/mol. The van der Waals surface area contributed by atoms with E-state index in [0.29, 0.717) is 17.6 Å². The van der Waals surface area contributed by atoms with Crippen molar-refractivity contribution in [2.45, 2.75) is 50.6 Å². The van der Waals surface area contributed by atoms with Gasteiger partial charge in [0.2, 0.25) is 0 Å². The summed E-state index contributed by atoms with van der Waals surface area (Å²) in [5.74, 6) is 1.24. The van der Waals surface area contributed by atoms with Crippen LogP contribution in [0.1, 0.15) is 47.3 Å². The van der Waals surface area contributed by atoms with Crippen LogP contribution in [-0.4, -0.2) is 60.8 Å². The Morgan fingerprint density at radius 3 is 2.48 bits per heavy atom. The van der Waals surface area contributed by atoms with Crippen LogP contribution in [0.15, 0.2) is 36.7 Å². The summed E-state index contributed by atoms with van der Waals surface area (Å²) in [4.78, 5) is 19.6. The fraction of sp³-hybridized carbons (Fsp3) is 0.478. The summed E-state index contributed by atoms with van der Waals surface area (Å²) in [5, 5.41) is 13.4. The van der Waals surface area contributed by atoms with Crippen molar-refractivity contribution in [3.8, 4) is 5.69 Å². The molecular formula is C23H27N7O. The second-order valence-electron chi connectivity index (χ2n) is 8.92. The first kappa shape index (κ1) is 18.6. The van der Waals surface area contributed by atoms with Gasteiger partial charge in [0.05, 0.1) is 23.6 Å². The molecule has 31 heavy (non-hydrogen) atoms. The van der Waals surface area contributed by atoms with E-state index in [1.165, 1.54) is 34.7 Å². The van der Waals surface area contributed by atoms with Crippen LogP contribution in [0, 0.1) is 0 Å². The van der Waals surface area contributed by atoms with Gasteiger partial charge in [-0.15, -0.1) is 0 Å². The van der Waals surface area contributed by atoms with E-state index in [1.807, 2.05) is 29.2 Å². The first-order valence-electron chi connectivity index (χ1n) is 11.3. The number of likely N-dealkylation sites (tertiary alicyclic amines) is 1. The molecule has 1 amide bonds. The highest BCUT2D eigenvalue weighted by molar-refractivity contribution is 5.98. The fourth-order valence-corrected chi connectivity index (χ4v) is 5.71. The van der Waals surface area contributed by atoms with Gasteiger partial charge in [0.1, 0.15) is 0 Å². The lowest BCUT2D eigenvalue weighted by Crippen LogP contribution is -2.56. The van der Waals surface area contributed by atoms with Crippen LogP contribution in [0.3, 0.4) is 0 Å². The summed E-state index contributed by atoms with van der Waals surface area (Å²) < 4.78 is 2.09. The number of benzene rings is 1. The molecule has 2 atom stereocenters. The number of aromatic nitrogens is 5. The Kier molecular flexibility index (Phi) is 4.33. The largest absolute Gasteiger partial charge is 0.345 e. The highest BCUT2D eigenvalue weighted by Crippen LogP contribution is 2.39. The van der Waals surface area contributed by atoms with Gasteiger partial charge in [-0.2, -0.15) is 20.1 Å². The average molecular weight is 418 g/mol. The Labute approximate surface area is 181 Å². The van der Waals surface area contributed by atoms with Crippen molar-refractivity contribution in [3.05, 3.63) is 53.5 Å². The van der Waals surface area contributed by atoms with E-state index in [1.54, 1.807) is 12.4 Å². The van der Waals surface area contributed by atoms with Crippen molar-refractivity contribution in [3.63, 3.8) is 0 Å². The van der Waals surface area contributed by atoms with Gasteiger partial charge in [-0.3, -0.25) is 9.48 Å². The van der Waals surface area contributed by atoms with E-state index in [4.69, 9.17) is 5.10 Å². The molecule has 0 spiro atoms. The number of piperazine rings is 1. The highest BCUT2D eigenvalue weighted by atomic mass is 16.2. The van der Waals surface area contributed by atoms with Crippen LogP contribution >= 0.6 is 0 Å². The lowest BCUT2D eigenvalue weighted by molar-refractivity contribution is 0.0717. The maximum atomic E-state index is 13.5. The summed E-state index contributed by atoms with van der Waals surface area (Å²) in [6, 6.07) is 8.27. The third-order valence-corrected chi connectivity index (χ3v) is 7.13. The number of carbonyl (C=O) groups excluding carboxylic acids is 1. The van der Waals surface area contributed by atoms with Gasteiger partial charge < -0.3 is 9.80 Å². The molecule has 4 heterocycles. The number of para-hydroxylation sites is 1. The number of carbonyl (C=O) groups is 1. The van der Waals surface area contributed by atoms with E-state index in [0.717, 1.165) is 44.5 Å². The molecule has 2 bridgehead atoms. The van der Waals surface area contributed by atoms with Gasteiger partial charge in [0.25, 0.3) is 5.91 Å². The van der Waals surface area contributed by atoms with Crippen LogP contribution in [0.25, 0.3) is 5.69 Å². The van der Waals surface area contributed by atoms with Crippen LogP contribution in [-0.2, 0) is 19.9 Å². The summed E-state index contributed by atoms with van der Waals surface area (Å²) in [6.07, 6.45) is 10.3. The summed E-state index contributed by atoms with van der Waals surface area (Å²) >= 11 is 0. The maximum Gasteiger partial charge on any atom is 0.256 e. The van der Waals surface area contributed by atoms with E-state index in [2.05, 4.69) is 26.8 Å². The predicted octanol–water partition coefficient (Wildman–Crippen LogP) is 2.37. The molecule has 8 heteroatoms. The molecule has 2 unspecified atom stereocenters. The van der Waals surface area contributed by atoms with Gasteiger partial charge in [-0.1, -0.05) is 12.1 Å². The zero-order chi connectivity index (χ0) is 20.9. The third kappa shape index (κ3) is 2.96. The molecule has 2 fully saturated rings. The molecule has 0 radical (unpaired) electrons. The van der Waals surface area contributed by atoms with E-state index < -0.39 is 0 Å². The normalized spacial score (nSPS) is 22.6. The Morgan fingerprint density at radius 1 is 1.00 bits per heavy atom. The number of nitrogens with zero attached hydrogens (tertiary/aromatic N) is 7. The van der Waals surface area contributed by atoms with Gasteiger partial charge in [0.15, 0.2) is 5.82 Å². The third-order valence-electron chi connectivity index (χ3n) is 7.13. The Balaban J connectivity index is 1.28. The number of hydrogen-bond donors (Lipinski definition) is 0. The van der Waals surface area contributed by atoms with Crippen LogP contribution in [0.2, 0.25) is 0 Å². The molecule has 2 saturated heterocycles. The molecular weight excluding hydrogens is 390 g/mol. The van der Waals surface area contributed by atoms with Gasteiger partial charge in [-0.25, -0.2) is 0 Å². The van der Waals surface area contributed by atoms with Crippen LogP contribution < -0.4 is 4.90 Å². The number of anilines is 1. The Bertz CT molecular complexity index is 1110. The molecule has 160 valence electrons. The summed E-state index contributed by atoms with van der Waals surface area (Å²) in [5.41, 5.74) is 4.23. The van der Waals surface area contributed by atoms with Gasteiger partial charge >= 0.3 is 0 Å². The smallest absolute Gasteiger partial charge is 0.256 e. The topological polar surface area (TPSA) is 72.1 Å². The quantitative estimate of drug-likeness (QED) is 0.654. The Morgan fingerprint density at radius 2 is 1.71 bits per heavy atom. The van der Waals surface area contributed by atoms with Crippen molar-refractivity contribution >= 4 is 11.7 Å². The maximum absolute atomic E-state index is 13.5. The number of fused-ring (bicyclic) bond motifs is 3. The molecule has 0 saturated carbocycles. The highest BCUT2D eigenvalue weighted by Gasteiger charge is 2.44. The van der Waals surface area contributed by atoms with Crippen LogP contribution in [0.4, 0.5) is 5.82 Å². The molecule has 3 aromatic rings. The van der Waals surface area contributed by atoms with E-state index in [9.17, 15) is 4.79 Å². The van der Waals surface area contributed by atoms with Crippen molar-refractivity contribution in [1.29, 1.82) is 0 Å². The van der Waals surface area contributed by atoms with Crippen molar-refractivity contribution in [2.24, 2.45) is 7.05 Å². The molecule has 6 rings (SSSR count). The van der Waals surface area contributed by atoms with Crippen molar-refractivity contribution in [1.82, 2.24) is 29.7 Å². The molecule has 1 aromatic carbocycles. The summed E-state index contributed by atoms with van der Waals surface area (Å²) in [7, 11) is 2.08. The standard InChI is InChI=1S/C23H27N7O/c1-27-20-8-4-2-6-18(20)22(26-27)29-16-10-11-17(29)15-28(14-16)23(31)19-7-3-5-9-21(19)30-24-12-13-25-30/h3,5,7,9,12-13,16-17H,2,4,6,8,10-11,14-15H2,1H3. The zero-order valence-electron chi connectivity index (χ0n) is 17.8. The molecule has 8 nitrogen and oxygen atoms in total. The van der Waals surface area contributed by atoms with Crippen molar-refractivity contribution < 1.29 is 4.79 Å². The van der Waals surface area contributed by atoms with E-state index >= 15 is 0 Å². The minimum absolute atomic E-state index is 0.0625. The SMILES string of the molecule is Cn1nc(N2C3CCC2CN(C(=O)c2ccccc2-n2nccn2)C3)c2c1CCCC2. The second kappa shape index (κ2) is 7.21. The van der Waals surface area contributed by atoms with Gasteiger partial charge in [-0.05, 0) is 50.7 Å². The first-order valence-corrected chi connectivity index (χ1v) is 11.3. The van der Waals surface area contributed by atoms with Gasteiger partial charge in [0, 0.05) is 43.5 Å². The molecule has 2 aromatic heterocycles. The average Bonchev–Trinajstić information content (AvgIpc) is 3.51. The lowest BCUT2D eigenvalue weighted by atomic mass is 9.96. The fourth-order valence-electron chi connectivity index (χ4n) is 5.71. The molecule has 3 aliphatic rings. The summed E-state index contributed by atoms with van der Waals surface area (Å²) in [6.45, 7) is 1.48. The number of hydrogen-bond acceptors (Lipinski definition) is 5. The van der Waals surface area contributed by atoms with Crippen LogP contribution in [0.5, 0.6) is 0 Å². The second-order valence-corrected chi connectivity index (χ2v) is 8.92. The number of amides is 1. The molecule has 0 N–H and O–H groups in total. The lowest BCUT2D eigenvalue weighted by Gasteiger charge is -2.42. The Hall–Kier alpha value is -3.16. The number of aryl methyl sites for hydroxylation is 1. The monoisotopic (exact) mass is 417 g/mol. The van der Waals surface area contributed by atoms with E-state index in [-0.39, 0.29) is 5.91 Å². The van der Waals surface area contributed by atoms with Crippen molar-refractivity contribution in [2.75, 3.05) is 18.0 Å². The minimum atomic E-state index is 0.0625.